The summed E-state index contributed by atoms with van der Waals surface area (Å²) in [5, 5.41) is 3.87. The van der Waals surface area contributed by atoms with Crippen LogP contribution in [-0.4, -0.2) is 18.1 Å². The maximum Gasteiger partial charge on any atom is 0.305 e. The van der Waals surface area contributed by atoms with Crippen LogP contribution in [0.5, 0.6) is 0 Å². The minimum Gasteiger partial charge on any atom is -0.469 e. The maximum atomic E-state index is 11.1. The molecule has 1 N–H and O–H groups in total. The molecule has 1 aromatic carbocycles. The SMILES string of the molecule is COC(=O)CCc1c[nH]c2cc(N=O)ccc12. The molecule has 0 radical (unpaired) electrons. The standard InChI is InChI=1S/C12H12N2O3/c1-17-12(15)5-2-8-7-13-11-6-9(14-16)3-4-10(8)11/h3-4,6-7,13H,2,5H2,1H3. The number of aromatic amines is 1. The molecular weight excluding hydrogens is 220 g/mol. The van der Waals surface area contributed by atoms with Crippen molar-refractivity contribution in [2.24, 2.45) is 5.18 Å². The van der Waals surface area contributed by atoms with Crippen LogP contribution in [0.25, 0.3) is 10.9 Å². The highest BCUT2D eigenvalue weighted by atomic mass is 16.5. The third-order valence-corrected chi connectivity index (χ3v) is 2.68. The van der Waals surface area contributed by atoms with Gasteiger partial charge in [0, 0.05) is 23.5 Å². The van der Waals surface area contributed by atoms with E-state index >= 15 is 0 Å². The number of ether oxygens (including phenoxy) is 1. The number of rotatable bonds is 4. The van der Waals surface area contributed by atoms with Gasteiger partial charge in [-0.2, -0.15) is 0 Å². The van der Waals surface area contributed by atoms with Crippen molar-refractivity contribution in [2.45, 2.75) is 12.8 Å². The van der Waals surface area contributed by atoms with E-state index in [1.54, 1.807) is 12.1 Å². The number of nitroso groups, excluding NO2 is 1. The Balaban J connectivity index is 2.24. The first-order valence-electron chi connectivity index (χ1n) is 5.25. The summed E-state index contributed by atoms with van der Waals surface area (Å²) in [5.41, 5.74) is 2.27. The molecule has 0 spiro atoms. The van der Waals surface area contributed by atoms with Gasteiger partial charge in [0.15, 0.2) is 0 Å². The first-order valence-corrected chi connectivity index (χ1v) is 5.25. The highest BCUT2D eigenvalue weighted by Gasteiger charge is 2.07. The summed E-state index contributed by atoms with van der Waals surface area (Å²) in [4.78, 5) is 24.5. The van der Waals surface area contributed by atoms with Crippen molar-refractivity contribution in [1.82, 2.24) is 4.98 Å². The number of benzene rings is 1. The van der Waals surface area contributed by atoms with Crippen LogP contribution in [0, 0.1) is 4.91 Å². The predicted molar refractivity (Wildman–Crippen MR) is 64.1 cm³/mol. The van der Waals surface area contributed by atoms with Gasteiger partial charge >= 0.3 is 5.97 Å². The minimum atomic E-state index is -0.231. The number of esters is 1. The van der Waals surface area contributed by atoms with Crippen LogP contribution in [-0.2, 0) is 16.0 Å². The molecule has 5 nitrogen and oxygen atoms in total. The Morgan fingerprint density at radius 3 is 3.00 bits per heavy atom. The van der Waals surface area contributed by atoms with E-state index in [2.05, 4.69) is 14.9 Å². The zero-order chi connectivity index (χ0) is 12.3. The fourth-order valence-electron chi connectivity index (χ4n) is 1.78. The van der Waals surface area contributed by atoms with Crippen molar-refractivity contribution in [1.29, 1.82) is 0 Å². The van der Waals surface area contributed by atoms with E-state index in [1.165, 1.54) is 7.11 Å². The van der Waals surface area contributed by atoms with Crippen molar-refractivity contribution in [3.63, 3.8) is 0 Å². The van der Waals surface area contributed by atoms with Crippen molar-refractivity contribution in [3.8, 4) is 0 Å². The molecule has 2 aromatic rings. The predicted octanol–water partition coefficient (Wildman–Crippen LogP) is 2.67. The quantitative estimate of drug-likeness (QED) is 0.650. The number of nitrogens with zero attached hydrogens (tertiary/aromatic N) is 1. The van der Waals surface area contributed by atoms with Crippen molar-refractivity contribution in [3.05, 3.63) is 34.9 Å². The number of hydrogen-bond donors (Lipinski definition) is 1. The lowest BCUT2D eigenvalue weighted by molar-refractivity contribution is -0.140. The lowest BCUT2D eigenvalue weighted by Gasteiger charge is -1.98. The zero-order valence-corrected chi connectivity index (χ0v) is 9.40. The lowest BCUT2D eigenvalue weighted by atomic mass is 10.1. The molecule has 0 bridgehead atoms. The van der Waals surface area contributed by atoms with Crippen LogP contribution < -0.4 is 0 Å². The number of aromatic nitrogens is 1. The second-order valence-electron chi connectivity index (χ2n) is 3.71. The van der Waals surface area contributed by atoms with Gasteiger partial charge in [-0.1, -0.05) is 6.07 Å². The van der Waals surface area contributed by atoms with Crippen molar-refractivity contribution < 1.29 is 9.53 Å². The molecule has 0 atom stereocenters. The van der Waals surface area contributed by atoms with E-state index in [-0.39, 0.29) is 5.97 Å². The topological polar surface area (TPSA) is 71.5 Å². The molecule has 0 amide bonds. The normalized spacial score (nSPS) is 10.4. The smallest absolute Gasteiger partial charge is 0.305 e. The maximum absolute atomic E-state index is 11.1. The van der Waals surface area contributed by atoms with E-state index in [4.69, 9.17) is 0 Å². The number of carbonyl (C=O) groups excluding carboxylic acids is 1. The number of H-pyrrole nitrogens is 1. The largest absolute Gasteiger partial charge is 0.469 e. The molecule has 1 heterocycles. The third-order valence-electron chi connectivity index (χ3n) is 2.68. The summed E-state index contributed by atoms with van der Waals surface area (Å²) >= 11 is 0. The Labute approximate surface area is 97.8 Å². The van der Waals surface area contributed by atoms with Gasteiger partial charge in [0.1, 0.15) is 5.69 Å². The summed E-state index contributed by atoms with van der Waals surface area (Å²) in [5.74, 6) is -0.231. The fourth-order valence-corrected chi connectivity index (χ4v) is 1.78. The fraction of sp³-hybridized carbons (Fsp3) is 0.250. The lowest BCUT2D eigenvalue weighted by Crippen LogP contribution is -2.01. The van der Waals surface area contributed by atoms with E-state index in [9.17, 15) is 9.70 Å². The highest BCUT2D eigenvalue weighted by molar-refractivity contribution is 5.86. The number of aryl methyl sites for hydroxylation is 1. The van der Waals surface area contributed by atoms with Crippen LogP contribution in [0.1, 0.15) is 12.0 Å². The second-order valence-corrected chi connectivity index (χ2v) is 3.71. The average molecular weight is 232 g/mol. The Hall–Kier alpha value is -2.17. The van der Waals surface area contributed by atoms with Crippen molar-refractivity contribution in [2.75, 3.05) is 7.11 Å². The van der Waals surface area contributed by atoms with E-state index in [1.807, 2.05) is 12.3 Å². The summed E-state index contributed by atoms with van der Waals surface area (Å²) in [7, 11) is 1.37. The summed E-state index contributed by atoms with van der Waals surface area (Å²) in [6.07, 6.45) is 2.79. The summed E-state index contributed by atoms with van der Waals surface area (Å²) in [6, 6.07) is 5.17. The number of methoxy groups -OCH3 is 1. The van der Waals surface area contributed by atoms with Gasteiger partial charge in [-0.25, -0.2) is 0 Å². The van der Waals surface area contributed by atoms with Gasteiger partial charge in [-0.15, -0.1) is 4.91 Å². The first-order chi connectivity index (χ1) is 8.24. The number of hydrogen-bond acceptors (Lipinski definition) is 4. The van der Waals surface area contributed by atoms with Gasteiger partial charge in [0.05, 0.1) is 7.11 Å². The molecule has 17 heavy (non-hydrogen) atoms. The van der Waals surface area contributed by atoms with Gasteiger partial charge in [-0.05, 0) is 29.3 Å². The average Bonchev–Trinajstić information content (AvgIpc) is 2.77. The number of fused-ring (bicyclic) bond motifs is 1. The van der Waals surface area contributed by atoms with Gasteiger partial charge < -0.3 is 9.72 Å². The van der Waals surface area contributed by atoms with Crippen LogP contribution in [0.15, 0.2) is 29.6 Å². The molecule has 0 aliphatic heterocycles. The molecule has 1 aromatic heterocycles. The Morgan fingerprint density at radius 1 is 1.47 bits per heavy atom. The van der Waals surface area contributed by atoms with E-state index in [0.717, 1.165) is 16.5 Å². The van der Waals surface area contributed by atoms with Crippen LogP contribution in [0.3, 0.4) is 0 Å². The van der Waals surface area contributed by atoms with E-state index in [0.29, 0.717) is 18.5 Å². The van der Waals surface area contributed by atoms with Crippen LogP contribution in [0.2, 0.25) is 0 Å². The molecule has 0 aliphatic carbocycles. The molecule has 0 saturated heterocycles. The summed E-state index contributed by atoms with van der Waals surface area (Å²) < 4.78 is 4.59. The van der Waals surface area contributed by atoms with Gasteiger partial charge in [-0.3, -0.25) is 4.79 Å². The molecule has 0 fully saturated rings. The van der Waals surface area contributed by atoms with Gasteiger partial charge in [0.2, 0.25) is 0 Å². The Bertz CT molecular complexity index is 560. The van der Waals surface area contributed by atoms with Crippen LogP contribution >= 0.6 is 0 Å². The number of nitrogens with one attached hydrogen (secondary N) is 1. The molecular formula is C12H12N2O3. The van der Waals surface area contributed by atoms with E-state index < -0.39 is 0 Å². The Morgan fingerprint density at radius 2 is 2.29 bits per heavy atom. The number of carbonyl (C=O) groups is 1. The monoisotopic (exact) mass is 232 g/mol. The molecule has 2 rings (SSSR count). The molecule has 0 unspecified atom stereocenters. The van der Waals surface area contributed by atoms with Crippen molar-refractivity contribution >= 4 is 22.6 Å². The van der Waals surface area contributed by atoms with Gasteiger partial charge in [0.25, 0.3) is 0 Å². The second kappa shape index (κ2) is 4.78. The summed E-state index contributed by atoms with van der Waals surface area (Å²) in [6.45, 7) is 0. The Kier molecular flexibility index (Phi) is 3.18. The highest BCUT2D eigenvalue weighted by Crippen LogP contribution is 2.24. The minimum absolute atomic E-state index is 0.231. The van der Waals surface area contributed by atoms with Crippen LogP contribution in [0.4, 0.5) is 5.69 Å². The molecule has 0 aliphatic rings. The first kappa shape index (κ1) is 11.3. The third kappa shape index (κ3) is 2.33. The molecule has 5 heteroatoms. The molecule has 88 valence electrons. The molecule has 0 saturated carbocycles. The zero-order valence-electron chi connectivity index (χ0n) is 9.40.